The molecule has 24 heavy (non-hydrogen) atoms. The van der Waals surface area contributed by atoms with Gasteiger partial charge in [0.25, 0.3) is 0 Å². The Morgan fingerprint density at radius 2 is 2.12 bits per heavy atom. The van der Waals surface area contributed by atoms with Crippen molar-refractivity contribution < 1.29 is 24.2 Å². The molecule has 8 heteroatoms. The maximum absolute atomic E-state index is 12.4. The number of urea groups is 1. The molecule has 1 aromatic rings. The minimum Gasteiger partial charge on any atom is -0.503 e. The number of ether oxygens (including phenoxy) is 2. The van der Waals surface area contributed by atoms with Gasteiger partial charge in [0.05, 0.1) is 30.4 Å². The molecule has 0 aliphatic carbocycles. The van der Waals surface area contributed by atoms with E-state index in [1.165, 1.54) is 19.2 Å². The zero-order chi connectivity index (χ0) is 17.9. The van der Waals surface area contributed by atoms with E-state index in [9.17, 15) is 14.7 Å². The summed E-state index contributed by atoms with van der Waals surface area (Å²) in [5, 5.41) is 15.1. The van der Waals surface area contributed by atoms with Crippen molar-refractivity contribution in [1.82, 2.24) is 10.6 Å². The summed E-state index contributed by atoms with van der Waals surface area (Å²) in [6.07, 6.45) is 0.682. The summed E-state index contributed by atoms with van der Waals surface area (Å²) in [5.41, 5.74) is 1.16. The average molecular weight is 355 g/mol. The first-order valence-electron chi connectivity index (χ1n) is 7.40. The van der Waals surface area contributed by atoms with Gasteiger partial charge < -0.3 is 25.2 Å². The molecule has 0 saturated heterocycles. The molecule has 1 heterocycles. The van der Waals surface area contributed by atoms with Gasteiger partial charge in [-0.2, -0.15) is 0 Å². The van der Waals surface area contributed by atoms with E-state index in [-0.39, 0.29) is 28.7 Å². The van der Waals surface area contributed by atoms with Crippen molar-refractivity contribution in [3.05, 3.63) is 34.0 Å². The second-order valence-corrected chi connectivity index (χ2v) is 5.67. The van der Waals surface area contributed by atoms with Crippen LogP contribution in [0.15, 0.2) is 23.4 Å². The van der Waals surface area contributed by atoms with Gasteiger partial charge in [0.15, 0.2) is 11.5 Å². The fourth-order valence-corrected chi connectivity index (χ4v) is 2.62. The van der Waals surface area contributed by atoms with Gasteiger partial charge in [0.1, 0.15) is 0 Å². The number of amides is 2. The Morgan fingerprint density at radius 1 is 1.42 bits per heavy atom. The van der Waals surface area contributed by atoms with Gasteiger partial charge in [-0.3, -0.25) is 0 Å². The second-order valence-electron chi connectivity index (χ2n) is 5.26. The normalized spacial score (nSPS) is 17.2. The first kappa shape index (κ1) is 17.9. The molecule has 0 spiro atoms. The summed E-state index contributed by atoms with van der Waals surface area (Å²) >= 11 is 6.01. The number of halogens is 1. The maximum atomic E-state index is 12.4. The Balaban J connectivity index is 2.49. The summed E-state index contributed by atoms with van der Waals surface area (Å²) in [6, 6.07) is 1.76. The number of allylic oxidation sites excluding steroid dienone is 1. The number of carbonyl (C=O) groups excluding carboxylic acids is 2. The number of aromatic hydroxyl groups is 1. The van der Waals surface area contributed by atoms with E-state index in [1.807, 2.05) is 6.92 Å². The standard InChI is InChI=1S/C16H19ClN2O5/c1-4-5-24-15(21)12-8(2)18-16(22)19-13(12)9-6-10(17)14(20)11(7-9)23-3/h6-7,13,20H,4-5H2,1-3H3,(H2,18,19,22). The summed E-state index contributed by atoms with van der Waals surface area (Å²) in [6.45, 7) is 3.78. The number of rotatable bonds is 5. The monoisotopic (exact) mass is 354 g/mol. The first-order chi connectivity index (χ1) is 11.4. The minimum atomic E-state index is -0.768. The van der Waals surface area contributed by atoms with Crippen LogP contribution in [0.5, 0.6) is 11.5 Å². The number of phenols is 1. The van der Waals surface area contributed by atoms with E-state index < -0.39 is 18.0 Å². The molecule has 1 unspecified atom stereocenters. The van der Waals surface area contributed by atoms with Crippen LogP contribution in [0, 0.1) is 0 Å². The second kappa shape index (κ2) is 7.44. The predicted molar refractivity (Wildman–Crippen MR) is 88.0 cm³/mol. The third kappa shape index (κ3) is 3.56. The number of hydrogen-bond donors (Lipinski definition) is 3. The van der Waals surface area contributed by atoms with Gasteiger partial charge >= 0.3 is 12.0 Å². The molecule has 7 nitrogen and oxygen atoms in total. The van der Waals surface area contributed by atoms with Crippen LogP contribution in [0.4, 0.5) is 4.79 Å². The lowest BCUT2D eigenvalue weighted by molar-refractivity contribution is -0.139. The van der Waals surface area contributed by atoms with E-state index in [1.54, 1.807) is 6.92 Å². The van der Waals surface area contributed by atoms with Crippen molar-refractivity contribution in [3.63, 3.8) is 0 Å². The highest BCUT2D eigenvalue weighted by Crippen LogP contribution is 2.39. The zero-order valence-electron chi connectivity index (χ0n) is 13.6. The van der Waals surface area contributed by atoms with Gasteiger partial charge in [-0.25, -0.2) is 9.59 Å². The quantitative estimate of drug-likeness (QED) is 0.706. The molecule has 0 aromatic heterocycles. The third-order valence-corrected chi connectivity index (χ3v) is 3.82. The Kier molecular flexibility index (Phi) is 5.56. The van der Waals surface area contributed by atoms with E-state index in [4.69, 9.17) is 21.1 Å². The van der Waals surface area contributed by atoms with Crippen molar-refractivity contribution >= 4 is 23.6 Å². The van der Waals surface area contributed by atoms with Crippen LogP contribution in [0.2, 0.25) is 5.02 Å². The fourth-order valence-electron chi connectivity index (χ4n) is 2.40. The number of carbonyl (C=O) groups is 2. The summed E-state index contributed by atoms with van der Waals surface area (Å²) in [5.74, 6) is -0.599. The van der Waals surface area contributed by atoms with Crippen LogP contribution < -0.4 is 15.4 Å². The van der Waals surface area contributed by atoms with Crippen molar-refractivity contribution in [2.24, 2.45) is 0 Å². The highest BCUT2D eigenvalue weighted by molar-refractivity contribution is 6.32. The molecule has 0 radical (unpaired) electrons. The fraction of sp³-hybridized carbons (Fsp3) is 0.375. The SMILES string of the molecule is CCCOC(=O)C1=C(C)NC(=O)NC1c1cc(Cl)c(O)c(OC)c1. The molecular formula is C16H19ClN2O5. The van der Waals surface area contributed by atoms with Crippen LogP contribution in [0.25, 0.3) is 0 Å². The summed E-state index contributed by atoms with van der Waals surface area (Å²) < 4.78 is 10.3. The predicted octanol–water partition coefficient (Wildman–Crippen LogP) is 2.64. The highest BCUT2D eigenvalue weighted by Gasteiger charge is 2.33. The zero-order valence-corrected chi connectivity index (χ0v) is 14.4. The van der Waals surface area contributed by atoms with Crippen LogP contribution in [0.3, 0.4) is 0 Å². The number of phenolic OH excluding ortho intramolecular Hbond substituents is 1. The van der Waals surface area contributed by atoms with E-state index in [0.29, 0.717) is 17.7 Å². The van der Waals surface area contributed by atoms with E-state index in [0.717, 1.165) is 0 Å². The average Bonchev–Trinajstić information content (AvgIpc) is 2.54. The van der Waals surface area contributed by atoms with E-state index >= 15 is 0 Å². The lowest BCUT2D eigenvalue weighted by Crippen LogP contribution is -2.45. The Morgan fingerprint density at radius 3 is 2.75 bits per heavy atom. The number of nitrogens with one attached hydrogen (secondary N) is 2. The topological polar surface area (TPSA) is 96.9 Å². The van der Waals surface area contributed by atoms with E-state index in [2.05, 4.69) is 10.6 Å². The minimum absolute atomic E-state index is 0.0519. The van der Waals surface area contributed by atoms with Gasteiger partial charge in [0.2, 0.25) is 0 Å². The van der Waals surface area contributed by atoms with Crippen molar-refractivity contribution in [2.75, 3.05) is 13.7 Å². The molecule has 1 aliphatic rings. The smallest absolute Gasteiger partial charge is 0.338 e. The molecule has 2 amide bonds. The number of esters is 1. The maximum Gasteiger partial charge on any atom is 0.338 e. The van der Waals surface area contributed by atoms with Crippen LogP contribution >= 0.6 is 11.6 Å². The molecule has 0 fully saturated rings. The molecular weight excluding hydrogens is 336 g/mol. The number of benzene rings is 1. The van der Waals surface area contributed by atoms with Gasteiger partial charge in [0, 0.05) is 5.70 Å². The van der Waals surface area contributed by atoms with Gasteiger partial charge in [-0.15, -0.1) is 0 Å². The van der Waals surface area contributed by atoms with Crippen molar-refractivity contribution in [3.8, 4) is 11.5 Å². The molecule has 130 valence electrons. The lowest BCUT2D eigenvalue weighted by Gasteiger charge is -2.28. The van der Waals surface area contributed by atoms with Crippen LogP contribution in [-0.2, 0) is 9.53 Å². The van der Waals surface area contributed by atoms with Crippen LogP contribution in [0.1, 0.15) is 31.9 Å². The van der Waals surface area contributed by atoms with Crippen molar-refractivity contribution in [1.29, 1.82) is 0 Å². The molecule has 1 aromatic carbocycles. The number of hydrogen-bond acceptors (Lipinski definition) is 5. The lowest BCUT2D eigenvalue weighted by atomic mass is 9.95. The molecule has 2 rings (SSSR count). The van der Waals surface area contributed by atoms with Crippen molar-refractivity contribution in [2.45, 2.75) is 26.3 Å². The Labute approximate surface area is 144 Å². The first-order valence-corrected chi connectivity index (χ1v) is 7.78. The summed E-state index contributed by atoms with van der Waals surface area (Å²) in [4.78, 5) is 24.2. The number of methoxy groups -OCH3 is 1. The highest BCUT2D eigenvalue weighted by atomic mass is 35.5. The molecule has 1 aliphatic heterocycles. The van der Waals surface area contributed by atoms with Crippen LogP contribution in [-0.4, -0.2) is 30.8 Å². The van der Waals surface area contributed by atoms with Gasteiger partial charge in [-0.05, 0) is 31.0 Å². The van der Waals surface area contributed by atoms with Gasteiger partial charge in [-0.1, -0.05) is 18.5 Å². The summed E-state index contributed by atoms with van der Waals surface area (Å²) in [7, 11) is 1.38. The molecule has 0 saturated carbocycles. The molecule has 1 atom stereocenters. The third-order valence-electron chi connectivity index (χ3n) is 3.53. The Bertz CT molecular complexity index is 702. The Hall–Kier alpha value is -2.41. The molecule has 0 bridgehead atoms. The largest absolute Gasteiger partial charge is 0.503 e. The molecule has 3 N–H and O–H groups in total.